The van der Waals surface area contributed by atoms with Crippen molar-refractivity contribution < 1.29 is 13.9 Å². The van der Waals surface area contributed by atoms with Crippen LogP contribution in [0.3, 0.4) is 0 Å². The highest BCUT2D eigenvalue weighted by Gasteiger charge is 2.25. The van der Waals surface area contributed by atoms with Crippen LogP contribution in [0.5, 0.6) is 0 Å². The number of carbonyl (C=O) groups is 1. The Labute approximate surface area is 219 Å². The molecule has 1 amide bonds. The molecule has 6 rings (SSSR count). The van der Waals surface area contributed by atoms with Crippen LogP contribution in [0.15, 0.2) is 36.7 Å². The summed E-state index contributed by atoms with van der Waals surface area (Å²) in [7, 11) is 1.73. The van der Waals surface area contributed by atoms with E-state index in [0.717, 1.165) is 30.6 Å². The molecule has 3 N–H and O–H groups in total. The zero-order chi connectivity index (χ0) is 26.4. The molecule has 2 aromatic carbocycles. The molecule has 0 spiro atoms. The number of aromatic nitrogens is 4. The summed E-state index contributed by atoms with van der Waals surface area (Å²) in [4.78, 5) is 25.2. The molecule has 2 aromatic heterocycles. The van der Waals surface area contributed by atoms with E-state index in [1.165, 1.54) is 6.07 Å². The van der Waals surface area contributed by atoms with Gasteiger partial charge in [-0.25, -0.2) is 14.4 Å². The average molecular weight is 519 g/mol. The number of fused-ring (bicyclic) bond motifs is 2. The van der Waals surface area contributed by atoms with E-state index in [4.69, 9.17) is 9.72 Å². The highest BCUT2D eigenvalue weighted by atomic mass is 19.1. The molecule has 11 heteroatoms. The number of halogens is 1. The summed E-state index contributed by atoms with van der Waals surface area (Å²) in [6.07, 6.45) is 4.37. The topological polar surface area (TPSA) is 109 Å². The van der Waals surface area contributed by atoms with Crippen LogP contribution in [0, 0.1) is 5.82 Å². The molecule has 2 fully saturated rings. The van der Waals surface area contributed by atoms with Gasteiger partial charge in [0.15, 0.2) is 5.82 Å². The van der Waals surface area contributed by atoms with Gasteiger partial charge in [0.2, 0.25) is 5.95 Å². The van der Waals surface area contributed by atoms with Crippen LogP contribution in [0.2, 0.25) is 0 Å². The number of nitrogens with one attached hydrogen (secondary N) is 3. The first-order valence-corrected chi connectivity index (χ1v) is 12.9. The number of hydrogen-bond acceptors (Lipinski definition) is 8. The molecule has 4 heterocycles. The van der Waals surface area contributed by atoms with Crippen LogP contribution in [-0.4, -0.2) is 70.1 Å². The Morgan fingerprint density at radius 1 is 1.18 bits per heavy atom. The maximum atomic E-state index is 14.7. The zero-order valence-corrected chi connectivity index (χ0v) is 21.7. The van der Waals surface area contributed by atoms with Crippen molar-refractivity contribution >= 4 is 45.0 Å². The van der Waals surface area contributed by atoms with E-state index >= 15 is 0 Å². The number of amides is 1. The Kier molecular flexibility index (Phi) is 6.32. The summed E-state index contributed by atoms with van der Waals surface area (Å²) in [6, 6.07) is 7.50. The Bertz CT molecular complexity index is 1510. The van der Waals surface area contributed by atoms with Crippen molar-refractivity contribution in [3.63, 3.8) is 0 Å². The Hall–Kier alpha value is -3.83. The third kappa shape index (κ3) is 4.74. The van der Waals surface area contributed by atoms with Gasteiger partial charge >= 0.3 is 0 Å². The van der Waals surface area contributed by atoms with Crippen LogP contribution in [0.1, 0.15) is 30.6 Å². The van der Waals surface area contributed by atoms with Gasteiger partial charge in [0, 0.05) is 73.4 Å². The first-order chi connectivity index (χ1) is 18.3. The van der Waals surface area contributed by atoms with Gasteiger partial charge in [-0.3, -0.25) is 9.48 Å². The second-order valence-electron chi connectivity index (χ2n) is 10.3. The van der Waals surface area contributed by atoms with Gasteiger partial charge in [-0.1, -0.05) is 0 Å². The van der Waals surface area contributed by atoms with Crippen LogP contribution in [0.4, 0.5) is 21.7 Å². The van der Waals surface area contributed by atoms with E-state index in [1.807, 2.05) is 6.07 Å². The monoisotopic (exact) mass is 518 g/mol. The summed E-state index contributed by atoms with van der Waals surface area (Å²) >= 11 is 0. The third-order valence-electron chi connectivity index (χ3n) is 7.07. The molecule has 0 saturated carbocycles. The van der Waals surface area contributed by atoms with E-state index < -0.39 is 5.82 Å². The maximum absolute atomic E-state index is 14.7. The second kappa shape index (κ2) is 9.80. The largest absolute Gasteiger partial charge is 0.379 e. The van der Waals surface area contributed by atoms with Crippen molar-refractivity contribution in [3.05, 3.63) is 48.0 Å². The number of benzene rings is 2. The Morgan fingerprint density at radius 3 is 2.76 bits per heavy atom. The van der Waals surface area contributed by atoms with Crippen LogP contribution >= 0.6 is 0 Å². The van der Waals surface area contributed by atoms with Gasteiger partial charge in [0.1, 0.15) is 5.52 Å². The van der Waals surface area contributed by atoms with Crippen molar-refractivity contribution in [1.82, 2.24) is 25.1 Å². The maximum Gasteiger partial charge on any atom is 0.257 e. The molecule has 2 saturated heterocycles. The van der Waals surface area contributed by atoms with Gasteiger partial charge in [-0.2, -0.15) is 5.10 Å². The molecular weight excluding hydrogens is 487 g/mol. The molecule has 0 radical (unpaired) electrons. The summed E-state index contributed by atoms with van der Waals surface area (Å²) in [5.74, 6) is -0.419. The zero-order valence-electron chi connectivity index (χ0n) is 21.7. The van der Waals surface area contributed by atoms with E-state index in [9.17, 15) is 9.18 Å². The fraction of sp³-hybridized carbons (Fsp3) is 0.407. The van der Waals surface area contributed by atoms with Crippen molar-refractivity contribution in [2.45, 2.75) is 38.4 Å². The number of hydrogen-bond donors (Lipinski definition) is 3. The number of anilines is 3. The number of piperazine rings is 1. The minimum atomic E-state index is -0.492. The second-order valence-corrected chi connectivity index (χ2v) is 10.3. The lowest BCUT2D eigenvalue weighted by molar-refractivity contribution is 0.102. The molecule has 2 aliphatic heterocycles. The van der Waals surface area contributed by atoms with E-state index in [-0.39, 0.29) is 17.5 Å². The summed E-state index contributed by atoms with van der Waals surface area (Å²) in [5.41, 5.74) is 2.53. The third-order valence-corrected chi connectivity index (χ3v) is 7.07. The normalized spacial score (nSPS) is 21.8. The van der Waals surface area contributed by atoms with Crippen molar-refractivity contribution in [3.8, 4) is 0 Å². The van der Waals surface area contributed by atoms with Crippen molar-refractivity contribution in [2.24, 2.45) is 7.05 Å². The molecule has 0 aliphatic carbocycles. The summed E-state index contributed by atoms with van der Waals surface area (Å²) in [6.45, 7) is 7.26. The van der Waals surface area contributed by atoms with E-state index in [0.29, 0.717) is 53.4 Å². The average Bonchev–Trinajstić information content (AvgIpc) is 3.51. The lowest BCUT2D eigenvalue weighted by Crippen LogP contribution is -2.54. The summed E-state index contributed by atoms with van der Waals surface area (Å²) < 4.78 is 21.7. The number of rotatable bonds is 5. The standard InChI is InChI=1S/C27H31FN8O2/c1-15-11-36(12-16(2)30-15)23-5-4-20(25-21(23)10-29-27(33-25)32-18-6-7-38-14-18)26(37)31-19-8-17-13-35(3)34-24(17)22(28)9-19/h4-5,8-10,13,15-16,18,30H,6-7,11-12,14H2,1-3H3,(H,31,37)(H,29,32,33)/t15-,16+,18-/m0/s1. The van der Waals surface area contributed by atoms with Gasteiger partial charge in [0.25, 0.3) is 5.91 Å². The predicted molar refractivity (Wildman–Crippen MR) is 145 cm³/mol. The van der Waals surface area contributed by atoms with Crippen molar-refractivity contribution in [1.29, 1.82) is 0 Å². The molecule has 10 nitrogen and oxygen atoms in total. The van der Waals surface area contributed by atoms with Gasteiger partial charge in [-0.15, -0.1) is 0 Å². The lowest BCUT2D eigenvalue weighted by atomic mass is 10.0. The fourth-order valence-electron chi connectivity index (χ4n) is 5.47. The first-order valence-electron chi connectivity index (χ1n) is 12.9. The number of ether oxygens (including phenoxy) is 1. The molecule has 2 aliphatic rings. The highest BCUT2D eigenvalue weighted by molar-refractivity contribution is 6.14. The van der Waals surface area contributed by atoms with Gasteiger partial charge in [-0.05, 0) is 44.5 Å². The lowest BCUT2D eigenvalue weighted by Gasteiger charge is -2.38. The fourth-order valence-corrected chi connectivity index (χ4v) is 5.47. The van der Waals surface area contributed by atoms with E-state index in [1.54, 1.807) is 36.3 Å². The van der Waals surface area contributed by atoms with Crippen LogP contribution in [0.25, 0.3) is 21.8 Å². The Morgan fingerprint density at radius 2 is 2.00 bits per heavy atom. The first kappa shape index (κ1) is 24.5. The Balaban J connectivity index is 1.38. The minimum Gasteiger partial charge on any atom is -0.379 e. The molecule has 0 unspecified atom stereocenters. The van der Waals surface area contributed by atoms with Gasteiger partial charge in [0.05, 0.1) is 23.7 Å². The molecule has 3 atom stereocenters. The van der Waals surface area contributed by atoms with Gasteiger partial charge < -0.3 is 25.6 Å². The number of nitrogens with zero attached hydrogens (tertiary/aromatic N) is 5. The highest BCUT2D eigenvalue weighted by Crippen LogP contribution is 2.31. The molecule has 198 valence electrons. The molecule has 4 aromatic rings. The predicted octanol–water partition coefficient (Wildman–Crippen LogP) is 3.30. The van der Waals surface area contributed by atoms with Crippen molar-refractivity contribution in [2.75, 3.05) is 41.8 Å². The van der Waals surface area contributed by atoms with E-state index in [2.05, 4.69) is 44.8 Å². The quantitative estimate of drug-likeness (QED) is 0.369. The van der Waals surface area contributed by atoms with Crippen LogP contribution in [-0.2, 0) is 11.8 Å². The smallest absolute Gasteiger partial charge is 0.257 e. The SMILES string of the molecule is C[C@@H]1CN(c2ccc(C(=O)Nc3cc(F)c4nn(C)cc4c3)c3nc(N[C@H]4CCOC4)ncc23)C[C@H](C)N1. The number of aryl methyl sites for hydroxylation is 1. The van der Waals surface area contributed by atoms with Crippen LogP contribution < -0.4 is 20.9 Å². The minimum absolute atomic E-state index is 0.122. The molecule has 38 heavy (non-hydrogen) atoms. The molecular formula is C27H31FN8O2. The summed E-state index contributed by atoms with van der Waals surface area (Å²) in [5, 5.41) is 15.3. The number of carbonyl (C=O) groups excluding carboxylic acids is 1. The molecule has 0 bridgehead atoms.